The second-order valence-electron chi connectivity index (χ2n) is 5.42. The second kappa shape index (κ2) is 8.92. The van der Waals surface area contributed by atoms with Gasteiger partial charge < -0.3 is 20.3 Å². The number of pyridine rings is 1. The van der Waals surface area contributed by atoms with E-state index in [-0.39, 0.29) is 27.2 Å². The Labute approximate surface area is 166 Å². The average molecular weight is 413 g/mol. The highest BCUT2D eigenvalue weighted by Crippen LogP contribution is 2.41. The van der Waals surface area contributed by atoms with E-state index in [4.69, 9.17) is 43.5 Å². The van der Waals surface area contributed by atoms with Crippen molar-refractivity contribution < 1.29 is 24.2 Å². The number of carboxylic acids is 1. The van der Waals surface area contributed by atoms with Crippen molar-refractivity contribution in [3.63, 3.8) is 0 Å². The van der Waals surface area contributed by atoms with E-state index in [0.29, 0.717) is 24.3 Å². The number of amides is 1. The normalized spacial score (nSPS) is 10.5. The summed E-state index contributed by atoms with van der Waals surface area (Å²) < 4.78 is 10.6. The monoisotopic (exact) mass is 412 g/mol. The number of carboxylic acid groups (broad SMARTS) is 1. The maximum atomic E-state index is 11.7. The number of carbonyl (C=O) groups excluding carboxylic acids is 1. The molecule has 0 saturated carbocycles. The van der Waals surface area contributed by atoms with Gasteiger partial charge in [-0.1, -0.05) is 30.1 Å². The molecule has 1 aromatic heterocycles. The van der Waals surface area contributed by atoms with Gasteiger partial charge in [-0.15, -0.1) is 0 Å². The van der Waals surface area contributed by atoms with Crippen molar-refractivity contribution in [2.75, 3.05) is 13.2 Å². The van der Waals surface area contributed by atoms with E-state index < -0.39 is 18.5 Å². The highest BCUT2D eigenvalue weighted by atomic mass is 35.5. The van der Waals surface area contributed by atoms with Crippen molar-refractivity contribution in [2.24, 2.45) is 5.73 Å². The van der Waals surface area contributed by atoms with Gasteiger partial charge in [-0.2, -0.15) is 0 Å². The number of primary amides is 1. The fourth-order valence-electron chi connectivity index (χ4n) is 2.43. The summed E-state index contributed by atoms with van der Waals surface area (Å²) in [6.07, 6.45) is 0.556. The van der Waals surface area contributed by atoms with E-state index in [1.165, 1.54) is 6.07 Å². The first kappa shape index (κ1) is 20.8. The van der Waals surface area contributed by atoms with E-state index in [1.807, 2.05) is 6.92 Å². The molecule has 0 bridgehead atoms. The maximum absolute atomic E-state index is 11.7. The highest BCUT2D eigenvalue weighted by molar-refractivity contribution is 6.44. The quantitative estimate of drug-likeness (QED) is 0.684. The number of benzene rings is 1. The number of nitrogens with two attached hydrogens (primary N) is 1. The van der Waals surface area contributed by atoms with Crippen LogP contribution in [0.25, 0.3) is 11.3 Å². The van der Waals surface area contributed by atoms with Crippen molar-refractivity contribution in [2.45, 2.75) is 20.3 Å². The van der Waals surface area contributed by atoms with Gasteiger partial charge in [-0.3, -0.25) is 4.79 Å². The van der Waals surface area contributed by atoms with Crippen LogP contribution in [0.2, 0.25) is 10.0 Å². The third-order valence-electron chi connectivity index (χ3n) is 3.65. The van der Waals surface area contributed by atoms with Crippen LogP contribution in [0.3, 0.4) is 0 Å². The number of nitrogens with zero attached hydrogens (tertiary/aromatic N) is 1. The van der Waals surface area contributed by atoms with E-state index in [0.717, 1.165) is 5.56 Å². The molecule has 1 amide bonds. The van der Waals surface area contributed by atoms with Crippen molar-refractivity contribution >= 4 is 35.1 Å². The predicted molar refractivity (Wildman–Crippen MR) is 102 cm³/mol. The molecule has 2 rings (SSSR count). The predicted octanol–water partition coefficient (Wildman–Crippen LogP) is 3.58. The molecule has 2 aromatic rings. The number of rotatable bonds is 8. The van der Waals surface area contributed by atoms with Crippen LogP contribution in [0.5, 0.6) is 11.6 Å². The SMILES string of the molecule is CCOc1nc(-c2ccc(OCC(=O)O)c(Cl)c2Cl)c(CC)cc1C(N)=O. The third kappa shape index (κ3) is 4.61. The number of hydrogen-bond donors (Lipinski definition) is 2. The molecule has 0 aliphatic heterocycles. The van der Waals surface area contributed by atoms with Crippen LogP contribution in [0, 0.1) is 0 Å². The Morgan fingerprint density at radius 2 is 1.89 bits per heavy atom. The van der Waals surface area contributed by atoms with Gasteiger partial charge in [0.2, 0.25) is 5.88 Å². The Morgan fingerprint density at radius 3 is 2.44 bits per heavy atom. The summed E-state index contributed by atoms with van der Waals surface area (Å²) in [7, 11) is 0. The minimum Gasteiger partial charge on any atom is -0.480 e. The lowest BCUT2D eigenvalue weighted by Crippen LogP contribution is -2.15. The van der Waals surface area contributed by atoms with Crippen molar-refractivity contribution in [3.05, 3.63) is 39.4 Å². The molecule has 0 spiro atoms. The molecule has 0 unspecified atom stereocenters. The summed E-state index contributed by atoms with van der Waals surface area (Å²) in [6.45, 7) is 3.41. The first-order valence-corrected chi connectivity index (χ1v) is 8.85. The zero-order valence-corrected chi connectivity index (χ0v) is 16.2. The molecular weight excluding hydrogens is 395 g/mol. The van der Waals surface area contributed by atoms with Crippen LogP contribution < -0.4 is 15.2 Å². The largest absolute Gasteiger partial charge is 0.480 e. The topological polar surface area (TPSA) is 112 Å². The summed E-state index contributed by atoms with van der Waals surface area (Å²) in [5, 5.41) is 8.94. The molecule has 1 aromatic carbocycles. The molecule has 0 atom stereocenters. The zero-order valence-electron chi connectivity index (χ0n) is 14.7. The number of carbonyl (C=O) groups is 2. The van der Waals surface area contributed by atoms with Gasteiger partial charge in [0.05, 0.1) is 17.3 Å². The zero-order chi connectivity index (χ0) is 20.1. The first-order valence-electron chi connectivity index (χ1n) is 8.09. The Kier molecular flexibility index (Phi) is 6.87. The third-order valence-corrected chi connectivity index (χ3v) is 4.51. The van der Waals surface area contributed by atoms with E-state index in [1.54, 1.807) is 19.1 Å². The molecule has 27 heavy (non-hydrogen) atoms. The van der Waals surface area contributed by atoms with E-state index in [9.17, 15) is 9.59 Å². The first-order chi connectivity index (χ1) is 12.8. The van der Waals surface area contributed by atoms with Crippen molar-refractivity contribution in [1.82, 2.24) is 4.98 Å². The van der Waals surface area contributed by atoms with Gasteiger partial charge in [-0.25, -0.2) is 9.78 Å². The Hall–Kier alpha value is -2.51. The van der Waals surface area contributed by atoms with Gasteiger partial charge >= 0.3 is 5.97 Å². The molecule has 7 nitrogen and oxygen atoms in total. The number of aromatic nitrogens is 1. The standard InChI is InChI=1S/C18H18Cl2N2O5/c1-3-9-7-11(17(21)25)18(26-4-2)22-16(9)10-5-6-12(15(20)14(10)19)27-8-13(23)24/h5-7H,3-4,8H2,1-2H3,(H2,21,25)(H,23,24). The lowest BCUT2D eigenvalue weighted by molar-refractivity contribution is -0.139. The van der Waals surface area contributed by atoms with Crippen LogP contribution in [0.4, 0.5) is 0 Å². The fraction of sp³-hybridized carbons (Fsp3) is 0.278. The number of aliphatic carboxylic acids is 1. The summed E-state index contributed by atoms with van der Waals surface area (Å²) in [5.41, 5.74) is 7.31. The van der Waals surface area contributed by atoms with E-state index >= 15 is 0 Å². The molecule has 0 aliphatic rings. The van der Waals surface area contributed by atoms with Gasteiger partial charge in [0, 0.05) is 5.56 Å². The lowest BCUT2D eigenvalue weighted by atomic mass is 10.0. The summed E-state index contributed by atoms with van der Waals surface area (Å²) >= 11 is 12.6. The Morgan fingerprint density at radius 1 is 1.19 bits per heavy atom. The van der Waals surface area contributed by atoms with E-state index in [2.05, 4.69) is 4.98 Å². The van der Waals surface area contributed by atoms with Gasteiger partial charge in [0.1, 0.15) is 16.3 Å². The second-order valence-corrected chi connectivity index (χ2v) is 6.18. The van der Waals surface area contributed by atoms with Crippen LogP contribution >= 0.6 is 23.2 Å². The van der Waals surface area contributed by atoms with Crippen LogP contribution in [-0.2, 0) is 11.2 Å². The lowest BCUT2D eigenvalue weighted by Gasteiger charge is -2.16. The molecule has 144 valence electrons. The summed E-state index contributed by atoms with van der Waals surface area (Å²) in [4.78, 5) is 26.8. The molecule has 1 heterocycles. The van der Waals surface area contributed by atoms with Gasteiger partial charge in [0.15, 0.2) is 6.61 Å². The number of halogens is 2. The van der Waals surface area contributed by atoms with Crippen LogP contribution in [-0.4, -0.2) is 35.2 Å². The van der Waals surface area contributed by atoms with Crippen molar-refractivity contribution in [3.8, 4) is 22.9 Å². The van der Waals surface area contributed by atoms with Gasteiger partial charge in [0.25, 0.3) is 5.91 Å². The average Bonchev–Trinajstić information content (AvgIpc) is 2.62. The molecule has 0 saturated heterocycles. The highest BCUT2D eigenvalue weighted by Gasteiger charge is 2.21. The molecule has 0 aliphatic carbocycles. The van der Waals surface area contributed by atoms with Crippen LogP contribution in [0.15, 0.2) is 18.2 Å². The maximum Gasteiger partial charge on any atom is 0.341 e. The fourth-order valence-corrected chi connectivity index (χ4v) is 2.89. The minimum atomic E-state index is -1.13. The number of hydrogen-bond acceptors (Lipinski definition) is 5. The summed E-state index contributed by atoms with van der Waals surface area (Å²) in [5.74, 6) is -1.53. The van der Waals surface area contributed by atoms with Gasteiger partial charge in [-0.05, 0) is 37.1 Å². The molecule has 9 heteroatoms. The molecule has 0 fully saturated rings. The smallest absolute Gasteiger partial charge is 0.341 e. The molecule has 0 radical (unpaired) electrons. The van der Waals surface area contributed by atoms with Crippen molar-refractivity contribution in [1.29, 1.82) is 0 Å². The Balaban J connectivity index is 2.59. The molecular formula is C18H18Cl2N2O5. The number of aryl methyl sites for hydroxylation is 1. The molecule has 3 N–H and O–H groups in total. The Bertz CT molecular complexity index is 887. The summed E-state index contributed by atoms with van der Waals surface area (Å²) in [6, 6.07) is 4.75. The number of ether oxygens (including phenoxy) is 2. The van der Waals surface area contributed by atoms with Crippen LogP contribution in [0.1, 0.15) is 29.8 Å². The minimum absolute atomic E-state index is 0.0659.